The van der Waals surface area contributed by atoms with Crippen molar-refractivity contribution >= 4 is 23.2 Å². The van der Waals surface area contributed by atoms with Crippen molar-refractivity contribution in [3.63, 3.8) is 0 Å². The largest absolute Gasteiger partial charge is 0.573 e. The lowest BCUT2D eigenvalue weighted by Gasteiger charge is -2.13. The van der Waals surface area contributed by atoms with Crippen LogP contribution in [0.1, 0.15) is 15.9 Å². The van der Waals surface area contributed by atoms with Gasteiger partial charge >= 0.3 is 6.36 Å². The number of methoxy groups -OCH3 is 1. The average molecular weight is 371 g/mol. The van der Waals surface area contributed by atoms with Gasteiger partial charge in [0.2, 0.25) is 0 Å². The van der Waals surface area contributed by atoms with E-state index in [9.17, 15) is 18.0 Å². The average Bonchev–Trinajstić information content (AvgIpc) is 2.55. The number of nitriles is 1. The Kier molecular flexibility index (Phi) is 5.39. The molecule has 130 valence electrons. The summed E-state index contributed by atoms with van der Waals surface area (Å²) in [6.07, 6.45) is -4.85. The van der Waals surface area contributed by atoms with E-state index in [1.807, 2.05) is 6.07 Å². The van der Waals surface area contributed by atoms with Gasteiger partial charge in [-0.25, -0.2) is 0 Å². The van der Waals surface area contributed by atoms with Gasteiger partial charge in [-0.3, -0.25) is 4.79 Å². The number of ether oxygens (including phenoxy) is 2. The van der Waals surface area contributed by atoms with E-state index in [-0.39, 0.29) is 27.6 Å². The smallest absolute Gasteiger partial charge is 0.496 e. The van der Waals surface area contributed by atoms with E-state index in [4.69, 9.17) is 21.6 Å². The van der Waals surface area contributed by atoms with E-state index >= 15 is 0 Å². The molecule has 0 saturated heterocycles. The number of alkyl halides is 3. The highest BCUT2D eigenvalue weighted by Crippen LogP contribution is 2.31. The van der Waals surface area contributed by atoms with Crippen LogP contribution >= 0.6 is 11.6 Å². The molecule has 0 spiro atoms. The second-order valence-electron chi connectivity index (χ2n) is 4.67. The van der Waals surface area contributed by atoms with Crippen molar-refractivity contribution in [3.05, 3.63) is 52.5 Å². The minimum absolute atomic E-state index is 0.0746. The minimum atomic E-state index is -4.85. The monoisotopic (exact) mass is 370 g/mol. The maximum atomic E-state index is 12.4. The van der Waals surface area contributed by atoms with Gasteiger partial charge in [-0.2, -0.15) is 5.26 Å². The number of rotatable bonds is 4. The summed E-state index contributed by atoms with van der Waals surface area (Å²) >= 11 is 5.88. The number of nitrogens with one attached hydrogen (secondary N) is 1. The Morgan fingerprint density at radius 1 is 1.24 bits per heavy atom. The Balaban J connectivity index is 2.25. The quantitative estimate of drug-likeness (QED) is 0.867. The topological polar surface area (TPSA) is 71.3 Å². The summed E-state index contributed by atoms with van der Waals surface area (Å²) in [6, 6.07) is 9.25. The van der Waals surface area contributed by atoms with Gasteiger partial charge in [0.05, 0.1) is 35.0 Å². The lowest BCUT2D eigenvalue weighted by molar-refractivity contribution is -0.274. The van der Waals surface area contributed by atoms with E-state index in [1.54, 1.807) is 0 Å². The predicted octanol–water partition coefficient (Wildman–Crippen LogP) is 4.37. The molecule has 1 N–H and O–H groups in total. The van der Waals surface area contributed by atoms with Gasteiger partial charge in [0.1, 0.15) is 11.5 Å². The van der Waals surface area contributed by atoms with Gasteiger partial charge < -0.3 is 14.8 Å². The molecule has 0 atom stereocenters. The lowest BCUT2D eigenvalue weighted by Crippen LogP contribution is -2.17. The molecule has 9 heteroatoms. The Bertz CT molecular complexity index is 847. The molecule has 5 nitrogen and oxygen atoms in total. The number of hydrogen-bond acceptors (Lipinski definition) is 4. The molecule has 2 aromatic carbocycles. The van der Waals surface area contributed by atoms with Crippen molar-refractivity contribution in [2.24, 2.45) is 0 Å². The van der Waals surface area contributed by atoms with E-state index in [2.05, 4.69) is 10.1 Å². The molecular formula is C16H10ClF3N2O3. The van der Waals surface area contributed by atoms with Crippen LogP contribution in [-0.4, -0.2) is 19.4 Å². The van der Waals surface area contributed by atoms with E-state index < -0.39 is 18.0 Å². The number of halogens is 4. The molecule has 0 aliphatic carbocycles. The highest BCUT2D eigenvalue weighted by Gasteiger charge is 2.31. The molecule has 0 radical (unpaired) electrons. The number of benzene rings is 2. The Labute approximate surface area is 145 Å². The van der Waals surface area contributed by atoms with Crippen molar-refractivity contribution < 1.29 is 27.4 Å². The first-order valence-electron chi connectivity index (χ1n) is 6.68. The number of carbonyl (C=O) groups is 1. The van der Waals surface area contributed by atoms with Crippen LogP contribution in [0.2, 0.25) is 5.02 Å². The molecule has 0 saturated carbocycles. The Morgan fingerprint density at radius 2 is 1.96 bits per heavy atom. The summed E-state index contributed by atoms with van der Waals surface area (Å²) in [5, 5.41) is 11.2. The van der Waals surface area contributed by atoms with Gasteiger partial charge in [-0.15, -0.1) is 13.2 Å². The molecule has 0 unspecified atom stereocenters. The fourth-order valence-electron chi connectivity index (χ4n) is 1.94. The normalized spacial score (nSPS) is 10.7. The SMILES string of the molecule is COc1ccc(C#N)cc1C(=O)Nc1ccc(OC(F)(F)F)cc1Cl. The second kappa shape index (κ2) is 7.32. The maximum Gasteiger partial charge on any atom is 0.573 e. The van der Waals surface area contributed by atoms with Gasteiger partial charge in [-0.1, -0.05) is 11.6 Å². The van der Waals surface area contributed by atoms with Crippen molar-refractivity contribution in [1.29, 1.82) is 5.26 Å². The molecule has 0 aliphatic heterocycles. The van der Waals surface area contributed by atoms with Gasteiger partial charge in [0, 0.05) is 6.07 Å². The first-order valence-corrected chi connectivity index (χ1v) is 7.06. The van der Waals surface area contributed by atoms with E-state index in [0.717, 1.165) is 12.1 Å². The molecule has 0 aliphatic rings. The Morgan fingerprint density at radius 3 is 2.52 bits per heavy atom. The Hall–Kier alpha value is -2.92. The number of carbonyl (C=O) groups excluding carboxylic acids is 1. The van der Waals surface area contributed by atoms with Crippen molar-refractivity contribution in [3.8, 4) is 17.6 Å². The number of amides is 1. The van der Waals surface area contributed by atoms with Crippen molar-refractivity contribution in [1.82, 2.24) is 0 Å². The molecule has 2 rings (SSSR count). The maximum absolute atomic E-state index is 12.4. The fraction of sp³-hybridized carbons (Fsp3) is 0.125. The third-order valence-corrected chi connectivity index (χ3v) is 3.31. The third-order valence-electron chi connectivity index (χ3n) is 3.00. The van der Waals surface area contributed by atoms with Gasteiger partial charge in [0.25, 0.3) is 5.91 Å². The fourth-order valence-corrected chi connectivity index (χ4v) is 2.16. The minimum Gasteiger partial charge on any atom is -0.496 e. The van der Waals surface area contributed by atoms with Crippen LogP contribution in [0.5, 0.6) is 11.5 Å². The van der Waals surface area contributed by atoms with Gasteiger partial charge in [0.15, 0.2) is 0 Å². The molecule has 0 heterocycles. The van der Waals surface area contributed by atoms with Crippen LogP contribution in [0, 0.1) is 11.3 Å². The second-order valence-corrected chi connectivity index (χ2v) is 5.08. The molecule has 2 aromatic rings. The summed E-state index contributed by atoms with van der Waals surface area (Å²) in [5.41, 5.74) is 0.393. The summed E-state index contributed by atoms with van der Waals surface area (Å²) in [7, 11) is 1.36. The van der Waals surface area contributed by atoms with Crippen LogP contribution in [0.3, 0.4) is 0 Å². The first kappa shape index (κ1) is 18.4. The molecule has 1 amide bonds. The molecular weight excluding hydrogens is 361 g/mol. The summed E-state index contributed by atoms with van der Waals surface area (Å²) < 4.78 is 45.4. The zero-order chi connectivity index (χ0) is 18.6. The standard InChI is InChI=1S/C16H10ClF3N2O3/c1-24-14-5-2-9(8-21)6-11(14)15(23)22-13-4-3-10(7-12(13)17)25-16(18,19)20/h2-7H,1H3,(H,22,23). The van der Waals surface area contributed by atoms with E-state index in [0.29, 0.717) is 0 Å². The van der Waals surface area contributed by atoms with Crippen LogP contribution in [0.15, 0.2) is 36.4 Å². The molecule has 25 heavy (non-hydrogen) atoms. The molecule has 0 fully saturated rings. The van der Waals surface area contributed by atoms with Gasteiger partial charge in [-0.05, 0) is 30.3 Å². The third kappa shape index (κ3) is 4.78. The summed E-state index contributed by atoms with van der Waals surface area (Å²) in [5.74, 6) is -0.926. The number of hydrogen-bond donors (Lipinski definition) is 1. The highest BCUT2D eigenvalue weighted by atomic mass is 35.5. The zero-order valence-electron chi connectivity index (χ0n) is 12.6. The van der Waals surface area contributed by atoms with Crippen molar-refractivity contribution in [2.75, 3.05) is 12.4 Å². The first-order chi connectivity index (χ1) is 11.7. The number of anilines is 1. The zero-order valence-corrected chi connectivity index (χ0v) is 13.4. The van der Waals surface area contributed by atoms with Crippen molar-refractivity contribution in [2.45, 2.75) is 6.36 Å². The van der Waals surface area contributed by atoms with Crippen LogP contribution < -0.4 is 14.8 Å². The molecule has 0 aromatic heterocycles. The predicted molar refractivity (Wildman–Crippen MR) is 83.8 cm³/mol. The summed E-state index contributed by atoms with van der Waals surface area (Å²) in [4.78, 5) is 12.4. The number of nitrogens with zero attached hydrogens (tertiary/aromatic N) is 1. The van der Waals surface area contributed by atoms with Crippen LogP contribution in [0.4, 0.5) is 18.9 Å². The lowest BCUT2D eigenvalue weighted by atomic mass is 10.1. The summed E-state index contributed by atoms with van der Waals surface area (Å²) in [6.45, 7) is 0. The van der Waals surface area contributed by atoms with Crippen LogP contribution in [-0.2, 0) is 0 Å². The molecule has 0 bridgehead atoms. The highest BCUT2D eigenvalue weighted by molar-refractivity contribution is 6.34. The van der Waals surface area contributed by atoms with Crippen LogP contribution in [0.25, 0.3) is 0 Å². The van der Waals surface area contributed by atoms with E-state index in [1.165, 1.54) is 31.4 Å².